The predicted molar refractivity (Wildman–Crippen MR) is 120 cm³/mol. The Morgan fingerprint density at radius 3 is 2.39 bits per heavy atom. The first-order chi connectivity index (χ1) is 13.5. The van der Waals surface area contributed by atoms with E-state index in [0.29, 0.717) is 6.42 Å². The van der Waals surface area contributed by atoms with Gasteiger partial charge in [0.15, 0.2) is 0 Å². The van der Waals surface area contributed by atoms with Crippen molar-refractivity contribution in [2.45, 2.75) is 109 Å². The van der Waals surface area contributed by atoms with E-state index in [1.54, 1.807) is 0 Å². The third-order valence-corrected chi connectivity index (χ3v) is 4.97. The number of hydrogen-bond acceptors (Lipinski definition) is 4. The third kappa shape index (κ3) is 19.8. The molecule has 0 aliphatic rings. The molecule has 28 heavy (non-hydrogen) atoms. The summed E-state index contributed by atoms with van der Waals surface area (Å²) in [4.78, 5) is 13.9. The van der Waals surface area contributed by atoms with Crippen molar-refractivity contribution in [3.8, 4) is 0 Å². The van der Waals surface area contributed by atoms with Gasteiger partial charge < -0.3 is 21.1 Å². The molecule has 5 nitrogen and oxygen atoms in total. The van der Waals surface area contributed by atoms with Crippen LogP contribution in [0, 0.1) is 0 Å². The molecule has 0 rings (SSSR count). The van der Waals surface area contributed by atoms with Crippen LogP contribution in [0.25, 0.3) is 0 Å². The van der Waals surface area contributed by atoms with Crippen LogP contribution in [0.15, 0.2) is 12.2 Å². The molecule has 0 aliphatic carbocycles. The Bertz CT molecular complexity index is 386. The van der Waals surface area contributed by atoms with Gasteiger partial charge in [0.25, 0.3) is 0 Å². The van der Waals surface area contributed by atoms with Gasteiger partial charge in [-0.2, -0.15) is 0 Å². The molecule has 0 spiro atoms. The molecule has 0 radical (unpaired) electrons. The van der Waals surface area contributed by atoms with Crippen molar-refractivity contribution >= 4 is 5.91 Å². The van der Waals surface area contributed by atoms with Crippen molar-refractivity contribution in [1.29, 1.82) is 0 Å². The van der Waals surface area contributed by atoms with E-state index >= 15 is 0 Å². The molecule has 0 aromatic carbocycles. The lowest BCUT2D eigenvalue weighted by atomic mass is 10.1. The molecule has 1 amide bonds. The highest BCUT2D eigenvalue weighted by Crippen LogP contribution is 2.10. The molecule has 4 N–H and O–H groups in total. The molecular formula is C23H47N3O2. The van der Waals surface area contributed by atoms with Crippen LogP contribution >= 0.6 is 0 Å². The highest BCUT2D eigenvalue weighted by atomic mass is 16.3. The molecule has 0 saturated carbocycles. The second-order valence-corrected chi connectivity index (χ2v) is 8.28. The van der Waals surface area contributed by atoms with Gasteiger partial charge in [0.05, 0.1) is 12.3 Å². The van der Waals surface area contributed by atoms with Crippen molar-refractivity contribution in [2.24, 2.45) is 5.73 Å². The summed E-state index contributed by atoms with van der Waals surface area (Å²) in [6.45, 7) is 3.09. The Kier molecular flexibility index (Phi) is 18.8. The second kappa shape index (κ2) is 19.4. The van der Waals surface area contributed by atoms with Crippen molar-refractivity contribution in [3.63, 3.8) is 0 Å². The molecule has 0 fully saturated rings. The Labute approximate surface area is 174 Å². The molecule has 166 valence electrons. The fraction of sp³-hybridized carbons (Fsp3) is 0.870. The number of rotatable bonds is 19. The molecular weight excluding hydrogens is 350 g/mol. The van der Waals surface area contributed by atoms with Crippen LogP contribution in [0.2, 0.25) is 0 Å². The molecule has 5 heteroatoms. The summed E-state index contributed by atoms with van der Waals surface area (Å²) in [6.07, 6.45) is 18.6. The van der Waals surface area contributed by atoms with Gasteiger partial charge in [0, 0.05) is 13.0 Å². The van der Waals surface area contributed by atoms with Crippen molar-refractivity contribution in [2.75, 3.05) is 20.6 Å². The maximum Gasteiger partial charge on any atom is 0.221 e. The topological polar surface area (TPSA) is 78.6 Å². The largest absolute Gasteiger partial charge is 0.393 e. The smallest absolute Gasteiger partial charge is 0.221 e. The van der Waals surface area contributed by atoms with Crippen LogP contribution in [0.3, 0.4) is 0 Å². The lowest BCUT2D eigenvalue weighted by Gasteiger charge is -2.16. The monoisotopic (exact) mass is 397 g/mol. The van der Waals surface area contributed by atoms with Gasteiger partial charge in [-0.1, -0.05) is 64.0 Å². The summed E-state index contributed by atoms with van der Waals surface area (Å²) in [5.74, 6) is 0.0717. The van der Waals surface area contributed by atoms with Gasteiger partial charge in [-0.25, -0.2) is 0 Å². The number of unbranched alkanes of at least 4 members (excludes halogenated alkanes) is 8. The number of nitrogens with one attached hydrogen (secondary N) is 1. The Morgan fingerprint density at radius 2 is 1.68 bits per heavy atom. The summed E-state index contributed by atoms with van der Waals surface area (Å²) in [6, 6.07) is 0. The number of aliphatic hydroxyl groups is 1. The zero-order chi connectivity index (χ0) is 21.0. The van der Waals surface area contributed by atoms with Gasteiger partial charge in [-0.15, -0.1) is 0 Å². The summed E-state index contributed by atoms with van der Waals surface area (Å²) < 4.78 is 0. The van der Waals surface area contributed by atoms with Crippen LogP contribution in [0.4, 0.5) is 0 Å². The van der Waals surface area contributed by atoms with Crippen LogP contribution in [0.5, 0.6) is 0 Å². The number of hydrogen-bond donors (Lipinski definition) is 3. The van der Waals surface area contributed by atoms with Gasteiger partial charge in [0.2, 0.25) is 5.91 Å². The molecule has 0 aromatic rings. The number of amides is 1. The molecule has 1 unspecified atom stereocenters. The molecule has 0 aliphatic heterocycles. The normalized spacial score (nSPS) is 13.9. The van der Waals surface area contributed by atoms with E-state index in [2.05, 4.69) is 29.3 Å². The maximum absolute atomic E-state index is 11.8. The molecule has 0 heterocycles. The number of allylic oxidation sites excluding steroid dienone is 1. The van der Waals surface area contributed by atoms with E-state index < -0.39 is 0 Å². The lowest BCUT2D eigenvalue weighted by Crippen LogP contribution is -2.43. The Morgan fingerprint density at radius 1 is 1.00 bits per heavy atom. The number of carbonyl (C=O) groups excluding carboxylic acids is 1. The highest BCUT2D eigenvalue weighted by molar-refractivity contribution is 5.76. The van der Waals surface area contributed by atoms with Crippen LogP contribution in [-0.4, -0.2) is 48.8 Å². The van der Waals surface area contributed by atoms with Crippen molar-refractivity contribution in [1.82, 2.24) is 10.2 Å². The standard InChI is InChI=1S/C23H47N3O2/c1-4-5-6-13-16-21(27)17-14-11-9-7-8-10-12-15-18-23(28)25-22(24)19-20-26(2)3/h11,14,21-22,27H,4-10,12-13,15-20,24H2,1-3H3,(H,25,28)/b14-11-/t21-,22?/m1/s1. The average molecular weight is 398 g/mol. The maximum atomic E-state index is 11.8. The highest BCUT2D eigenvalue weighted by Gasteiger charge is 2.07. The van der Waals surface area contributed by atoms with E-state index in [0.717, 1.165) is 51.5 Å². The zero-order valence-electron chi connectivity index (χ0n) is 18.8. The van der Waals surface area contributed by atoms with Crippen LogP contribution < -0.4 is 11.1 Å². The van der Waals surface area contributed by atoms with Crippen LogP contribution in [0.1, 0.15) is 96.8 Å². The second-order valence-electron chi connectivity index (χ2n) is 8.28. The summed E-state index contributed by atoms with van der Waals surface area (Å²) in [7, 11) is 4.01. The number of aliphatic hydroxyl groups excluding tert-OH is 1. The Hall–Kier alpha value is -0.910. The van der Waals surface area contributed by atoms with Gasteiger partial charge in [-0.05, 0) is 52.6 Å². The minimum Gasteiger partial charge on any atom is -0.393 e. The van der Waals surface area contributed by atoms with E-state index in [4.69, 9.17) is 5.73 Å². The quantitative estimate of drug-likeness (QED) is 0.172. The number of nitrogens with two attached hydrogens (primary N) is 1. The lowest BCUT2D eigenvalue weighted by molar-refractivity contribution is -0.121. The minimum absolute atomic E-state index is 0.0717. The first-order valence-electron chi connectivity index (χ1n) is 11.5. The first kappa shape index (κ1) is 27.1. The molecule has 2 atom stereocenters. The van der Waals surface area contributed by atoms with E-state index in [-0.39, 0.29) is 18.2 Å². The van der Waals surface area contributed by atoms with E-state index in [9.17, 15) is 9.90 Å². The van der Waals surface area contributed by atoms with Crippen molar-refractivity contribution < 1.29 is 9.90 Å². The predicted octanol–water partition coefficient (Wildman–Crippen LogP) is 4.35. The first-order valence-corrected chi connectivity index (χ1v) is 11.5. The van der Waals surface area contributed by atoms with E-state index in [1.165, 1.54) is 38.5 Å². The molecule has 0 aromatic heterocycles. The van der Waals surface area contributed by atoms with Gasteiger partial charge in [0.1, 0.15) is 0 Å². The average Bonchev–Trinajstić information content (AvgIpc) is 2.65. The number of nitrogens with zero attached hydrogens (tertiary/aromatic N) is 1. The SMILES string of the molecule is CCCCCC[C@@H](O)C/C=C\CCCCCCCC(=O)NC(N)CCN(C)C. The van der Waals surface area contributed by atoms with Crippen molar-refractivity contribution in [3.05, 3.63) is 12.2 Å². The van der Waals surface area contributed by atoms with E-state index in [1.807, 2.05) is 14.1 Å². The number of carbonyl (C=O) groups is 1. The zero-order valence-corrected chi connectivity index (χ0v) is 18.8. The third-order valence-electron chi connectivity index (χ3n) is 4.97. The molecule has 0 saturated heterocycles. The van der Waals surface area contributed by atoms with Crippen LogP contribution in [-0.2, 0) is 4.79 Å². The summed E-state index contributed by atoms with van der Waals surface area (Å²) >= 11 is 0. The minimum atomic E-state index is -0.239. The summed E-state index contributed by atoms with van der Waals surface area (Å²) in [5, 5.41) is 12.8. The Balaban J connectivity index is 3.43. The fourth-order valence-electron chi connectivity index (χ4n) is 3.12. The summed E-state index contributed by atoms with van der Waals surface area (Å²) in [5.41, 5.74) is 5.91. The van der Waals surface area contributed by atoms with Gasteiger partial charge >= 0.3 is 0 Å². The van der Waals surface area contributed by atoms with Gasteiger partial charge in [-0.3, -0.25) is 4.79 Å². The fourth-order valence-corrected chi connectivity index (χ4v) is 3.12. The molecule has 0 bridgehead atoms.